The van der Waals surface area contributed by atoms with Gasteiger partial charge in [0.2, 0.25) is 0 Å². The van der Waals surface area contributed by atoms with Crippen LogP contribution in [0.25, 0.3) is 50.4 Å². The Kier molecular flexibility index (Phi) is 5.38. The van der Waals surface area contributed by atoms with E-state index >= 15 is 0 Å². The third-order valence-corrected chi connectivity index (χ3v) is 6.60. The molecule has 1 atom stereocenters. The van der Waals surface area contributed by atoms with Crippen molar-refractivity contribution in [2.45, 2.75) is 13.2 Å². The van der Waals surface area contributed by atoms with Gasteiger partial charge in [-0.15, -0.1) is 0 Å². The lowest BCUT2D eigenvalue weighted by Crippen LogP contribution is -2.09. The maximum atomic E-state index is 10.6. The number of nitrogens with zero attached hydrogens (tertiary/aromatic N) is 6. The van der Waals surface area contributed by atoms with Crippen molar-refractivity contribution in [2.24, 2.45) is 0 Å². The first kappa shape index (κ1) is 22.8. The van der Waals surface area contributed by atoms with Crippen LogP contribution >= 0.6 is 0 Å². The monoisotopic (exact) mass is 513 g/mol. The fourth-order valence-electron chi connectivity index (χ4n) is 4.69. The molecule has 6 aromatic heterocycles. The van der Waals surface area contributed by atoms with Gasteiger partial charge in [0.15, 0.2) is 6.23 Å². The molecular formula is C29H23N9O. The minimum Gasteiger partial charge on any atom is -0.369 e. The molecule has 0 amide bonds. The molecular weight excluding hydrogens is 490 g/mol. The normalized spacial score (nSPS) is 12.3. The SMILES string of the molecule is Cc1cn(-c2nccc3[nH]c(-c4n[nH]c5ccc(-c6cncc(NC(O)c7ccccc7)c6)nc45)cc23)cn1. The summed E-state index contributed by atoms with van der Waals surface area (Å²) in [5.41, 5.74) is 7.94. The van der Waals surface area contributed by atoms with E-state index in [0.717, 1.165) is 56.0 Å². The van der Waals surface area contributed by atoms with E-state index in [9.17, 15) is 5.11 Å². The average molecular weight is 514 g/mol. The van der Waals surface area contributed by atoms with E-state index in [4.69, 9.17) is 4.98 Å². The van der Waals surface area contributed by atoms with Crippen LogP contribution in [-0.4, -0.2) is 44.8 Å². The number of anilines is 1. The van der Waals surface area contributed by atoms with Crippen LogP contribution in [-0.2, 0) is 0 Å². The predicted octanol–water partition coefficient (Wildman–Crippen LogP) is 5.16. The zero-order valence-corrected chi connectivity index (χ0v) is 20.9. The van der Waals surface area contributed by atoms with Gasteiger partial charge in [-0.1, -0.05) is 30.3 Å². The number of H-pyrrole nitrogens is 2. The van der Waals surface area contributed by atoms with Crippen molar-refractivity contribution in [1.29, 1.82) is 0 Å². The van der Waals surface area contributed by atoms with Gasteiger partial charge in [0.1, 0.15) is 23.4 Å². The molecule has 4 N–H and O–H groups in total. The first-order chi connectivity index (χ1) is 19.1. The zero-order chi connectivity index (χ0) is 26.3. The summed E-state index contributed by atoms with van der Waals surface area (Å²) < 4.78 is 1.91. The number of aliphatic hydroxyl groups excluding tert-OH is 1. The van der Waals surface area contributed by atoms with Crippen LogP contribution in [0.1, 0.15) is 17.5 Å². The first-order valence-corrected chi connectivity index (χ1v) is 12.4. The number of rotatable bonds is 6. The lowest BCUT2D eigenvalue weighted by molar-refractivity contribution is 0.208. The second-order valence-electron chi connectivity index (χ2n) is 9.29. The highest BCUT2D eigenvalue weighted by Gasteiger charge is 2.16. The lowest BCUT2D eigenvalue weighted by Gasteiger charge is -2.14. The molecule has 0 bridgehead atoms. The van der Waals surface area contributed by atoms with Crippen LogP contribution in [0.4, 0.5) is 5.69 Å². The number of fused-ring (bicyclic) bond motifs is 2. The number of nitrogens with one attached hydrogen (secondary N) is 3. The van der Waals surface area contributed by atoms with Crippen molar-refractivity contribution in [3.8, 4) is 28.5 Å². The number of aliphatic hydroxyl groups is 1. The number of imidazole rings is 1. The Morgan fingerprint density at radius 3 is 2.72 bits per heavy atom. The van der Waals surface area contributed by atoms with Crippen molar-refractivity contribution < 1.29 is 5.11 Å². The summed E-state index contributed by atoms with van der Waals surface area (Å²) in [6, 6.07) is 19.2. The molecule has 0 fully saturated rings. The van der Waals surface area contributed by atoms with E-state index in [1.165, 1.54) is 0 Å². The third-order valence-electron chi connectivity index (χ3n) is 6.60. The molecule has 10 heteroatoms. The molecule has 0 aliphatic rings. The van der Waals surface area contributed by atoms with Gasteiger partial charge in [-0.3, -0.25) is 14.6 Å². The highest BCUT2D eigenvalue weighted by Crippen LogP contribution is 2.31. The highest BCUT2D eigenvalue weighted by atomic mass is 16.3. The van der Waals surface area contributed by atoms with Crippen LogP contribution in [0, 0.1) is 6.92 Å². The average Bonchev–Trinajstić information content (AvgIpc) is 3.71. The van der Waals surface area contributed by atoms with Crippen molar-refractivity contribution in [3.05, 3.63) is 103 Å². The Bertz CT molecular complexity index is 1940. The zero-order valence-electron chi connectivity index (χ0n) is 20.9. The fraction of sp³-hybridized carbons (Fsp3) is 0.0690. The second-order valence-corrected chi connectivity index (χ2v) is 9.29. The molecule has 0 saturated carbocycles. The van der Waals surface area contributed by atoms with Crippen molar-refractivity contribution in [3.63, 3.8) is 0 Å². The fourth-order valence-corrected chi connectivity index (χ4v) is 4.69. The third kappa shape index (κ3) is 4.18. The molecule has 0 spiro atoms. The molecule has 0 aliphatic carbocycles. The highest BCUT2D eigenvalue weighted by molar-refractivity contribution is 5.96. The summed E-state index contributed by atoms with van der Waals surface area (Å²) in [5, 5.41) is 22.3. The summed E-state index contributed by atoms with van der Waals surface area (Å²) in [4.78, 5) is 21.7. The van der Waals surface area contributed by atoms with Gasteiger partial charge in [0.25, 0.3) is 0 Å². The molecule has 10 nitrogen and oxygen atoms in total. The molecule has 190 valence electrons. The summed E-state index contributed by atoms with van der Waals surface area (Å²) in [6.07, 6.45) is 8.05. The summed E-state index contributed by atoms with van der Waals surface area (Å²) >= 11 is 0. The Hall–Kier alpha value is -5.35. The van der Waals surface area contributed by atoms with Crippen molar-refractivity contribution >= 4 is 27.6 Å². The number of aromatic nitrogens is 8. The molecule has 7 aromatic rings. The van der Waals surface area contributed by atoms with E-state index in [2.05, 4.69) is 35.5 Å². The minimum atomic E-state index is -0.855. The summed E-state index contributed by atoms with van der Waals surface area (Å²) in [6.45, 7) is 1.95. The standard InChI is InChI=1S/C29H23N9O/c1-17-15-38(16-32-17)28-21-12-25(34-23(21)9-10-31-28)27-26-24(36-37-27)8-7-22(35-26)19-11-20(14-30-13-19)33-29(39)18-5-3-2-4-6-18/h2-16,29,33-34,39H,1H3,(H,36,37). The number of pyridine rings is 3. The molecule has 1 unspecified atom stereocenters. The molecule has 39 heavy (non-hydrogen) atoms. The number of hydrogen-bond donors (Lipinski definition) is 4. The number of aryl methyl sites for hydroxylation is 1. The topological polar surface area (TPSA) is 133 Å². The smallest absolute Gasteiger partial charge is 0.150 e. The van der Waals surface area contributed by atoms with Gasteiger partial charge in [-0.05, 0) is 37.3 Å². The molecule has 0 radical (unpaired) electrons. The van der Waals surface area contributed by atoms with Gasteiger partial charge in [-0.25, -0.2) is 15.0 Å². The van der Waals surface area contributed by atoms with Crippen LogP contribution in [0.2, 0.25) is 0 Å². The van der Waals surface area contributed by atoms with E-state index in [0.29, 0.717) is 11.4 Å². The quantitative estimate of drug-likeness (QED) is 0.226. The Labute approximate surface area is 222 Å². The van der Waals surface area contributed by atoms with Crippen molar-refractivity contribution in [1.82, 2.24) is 39.7 Å². The van der Waals surface area contributed by atoms with Gasteiger partial charge in [-0.2, -0.15) is 5.10 Å². The lowest BCUT2D eigenvalue weighted by atomic mass is 10.1. The first-order valence-electron chi connectivity index (χ1n) is 12.4. The molecule has 1 aromatic carbocycles. The van der Waals surface area contributed by atoms with Gasteiger partial charge in [0.05, 0.1) is 40.0 Å². The van der Waals surface area contributed by atoms with E-state index in [-0.39, 0.29) is 0 Å². The molecule has 0 aliphatic heterocycles. The van der Waals surface area contributed by atoms with Crippen LogP contribution in [0.15, 0.2) is 91.8 Å². The van der Waals surface area contributed by atoms with E-state index in [1.54, 1.807) is 24.9 Å². The maximum absolute atomic E-state index is 10.6. The molecule has 0 saturated heterocycles. The molecule has 7 rings (SSSR count). The maximum Gasteiger partial charge on any atom is 0.150 e. The summed E-state index contributed by atoms with van der Waals surface area (Å²) in [5.74, 6) is 0.789. The van der Waals surface area contributed by atoms with E-state index in [1.807, 2.05) is 78.4 Å². The number of hydrogen-bond acceptors (Lipinski definition) is 7. The Morgan fingerprint density at radius 2 is 1.87 bits per heavy atom. The van der Waals surface area contributed by atoms with Crippen molar-refractivity contribution in [2.75, 3.05) is 5.32 Å². The van der Waals surface area contributed by atoms with Gasteiger partial charge < -0.3 is 15.4 Å². The number of benzene rings is 1. The van der Waals surface area contributed by atoms with Crippen LogP contribution < -0.4 is 5.32 Å². The second kappa shape index (κ2) is 9.19. The van der Waals surface area contributed by atoms with Gasteiger partial charge >= 0.3 is 0 Å². The van der Waals surface area contributed by atoms with Gasteiger partial charge in [0, 0.05) is 35.1 Å². The largest absolute Gasteiger partial charge is 0.369 e. The number of aromatic amines is 2. The predicted molar refractivity (Wildman–Crippen MR) is 149 cm³/mol. The Morgan fingerprint density at radius 1 is 0.974 bits per heavy atom. The summed E-state index contributed by atoms with van der Waals surface area (Å²) in [7, 11) is 0. The minimum absolute atomic E-state index is 0.684. The Balaban J connectivity index is 1.25. The van der Waals surface area contributed by atoms with E-state index < -0.39 is 6.23 Å². The van der Waals surface area contributed by atoms with Crippen LogP contribution in [0.5, 0.6) is 0 Å². The molecule has 6 heterocycles. The van der Waals surface area contributed by atoms with Crippen LogP contribution in [0.3, 0.4) is 0 Å².